The third-order valence-corrected chi connectivity index (χ3v) is 11.1. The van der Waals surface area contributed by atoms with Gasteiger partial charge in [-0.3, -0.25) is 4.57 Å². The molecule has 0 saturated heterocycles. The summed E-state index contributed by atoms with van der Waals surface area (Å²) in [5, 5.41) is 4.59. The molecule has 0 amide bonds. The summed E-state index contributed by atoms with van der Waals surface area (Å²) >= 11 is 0. The Morgan fingerprint density at radius 1 is 0.571 bits per heavy atom. The molecule has 56 heavy (non-hydrogen) atoms. The van der Waals surface area contributed by atoms with E-state index in [9.17, 15) is 0 Å². The van der Waals surface area contributed by atoms with Crippen LogP contribution < -0.4 is 4.98 Å². The average Bonchev–Trinajstić information content (AvgIpc) is 3.87. The second-order valence-electron chi connectivity index (χ2n) is 16.7. The van der Waals surface area contributed by atoms with E-state index in [1.165, 1.54) is 16.5 Å². The van der Waals surface area contributed by atoms with Crippen LogP contribution in [0.4, 0.5) is 0 Å². The molecule has 5 nitrogen and oxygen atoms in total. The molecule has 276 valence electrons. The van der Waals surface area contributed by atoms with Gasteiger partial charge in [-0.05, 0) is 80.0 Å². The Morgan fingerprint density at radius 3 is 2.09 bits per heavy atom. The van der Waals surface area contributed by atoms with Crippen molar-refractivity contribution in [2.24, 2.45) is 0 Å². The quantitative estimate of drug-likeness (QED) is 0.165. The number of benzene rings is 6. The SMILES string of the molecule is CC(C)(C)c1cccc(-n2c(-c3cccc4c3[n-]c3ccccc34)nc3c(-c4[c-]c5c(cc4)c4ccccc4n5-c4ccccn4)cc(C(C)(C)C)cc32)c1.[Pt+2]. The number of fused-ring (bicyclic) bond motifs is 7. The molecule has 0 aliphatic rings. The maximum atomic E-state index is 5.66. The second-order valence-corrected chi connectivity index (χ2v) is 16.7. The van der Waals surface area contributed by atoms with E-state index in [1.54, 1.807) is 0 Å². The maximum absolute atomic E-state index is 5.66. The molecule has 6 heteroatoms. The van der Waals surface area contributed by atoms with E-state index in [2.05, 4.69) is 178 Å². The first-order valence-electron chi connectivity index (χ1n) is 19.0. The standard InChI is InChI=1S/C50H41N5.Pt/c1-49(2,3)32-15-13-16-34(28-32)54-44-30-33(50(4,5)6)29-40(47(44)53-48(54)39-20-14-19-38-35-17-7-9-21-41(35)52-46(38)39)31-24-25-37-36-18-8-10-22-42(36)55(43(37)27-31)45-23-11-12-26-51-45;/h7-26,28-30H,1-6H3;/q-2;+2. The van der Waals surface area contributed by atoms with Crippen molar-refractivity contribution in [3.05, 3.63) is 157 Å². The topological polar surface area (TPSA) is 49.7 Å². The van der Waals surface area contributed by atoms with E-state index in [0.29, 0.717) is 0 Å². The van der Waals surface area contributed by atoms with Gasteiger partial charge in [-0.1, -0.05) is 137 Å². The zero-order chi connectivity index (χ0) is 37.6. The first kappa shape index (κ1) is 35.9. The van der Waals surface area contributed by atoms with Crippen molar-refractivity contribution in [1.82, 2.24) is 24.1 Å². The Hall–Kier alpha value is -5.77. The number of para-hydroxylation sites is 3. The zero-order valence-electron chi connectivity index (χ0n) is 32.3. The molecule has 10 aromatic rings. The van der Waals surface area contributed by atoms with Crippen molar-refractivity contribution in [2.45, 2.75) is 52.4 Å². The van der Waals surface area contributed by atoms with E-state index in [0.717, 1.165) is 83.3 Å². The van der Waals surface area contributed by atoms with Crippen LogP contribution in [0.25, 0.3) is 88.7 Å². The fourth-order valence-electron chi connectivity index (χ4n) is 8.12. The average molecular weight is 907 g/mol. The number of imidazole rings is 1. The number of aromatic nitrogens is 5. The molecule has 0 saturated carbocycles. The summed E-state index contributed by atoms with van der Waals surface area (Å²) in [7, 11) is 0. The molecule has 0 bridgehead atoms. The Bertz CT molecular complexity index is 3110. The Kier molecular flexibility index (Phi) is 8.45. The zero-order valence-corrected chi connectivity index (χ0v) is 34.6. The monoisotopic (exact) mass is 906 g/mol. The van der Waals surface area contributed by atoms with Crippen LogP contribution in [-0.2, 0) is 31.9 Å². The van der Waals surface area contributed by atoms with E-state index >= 15 is 0 Å². The summed E-state index contributed by atoms with van der Waals surface area (Å²) in [6.45, 7) is 13.7. The van der Waals surface area contributed by atoms with Crippen LogP contribution in [0.3, 0.4) is 0 Å². The van der Waals surface area contributed by atoms with E-state index < -0.39 is 0 Å². The van der Waals surface area contributed by atoms with E-state index in [1.807, 2.05) is 18.3 Å². The number of rotatable bonds is 4. The molecule has 0 atom stereocenters. The van der Waals surface area contributed by atoms with Crippen LogP contribution in [0.5, 0.6) is 0 Å². The van der Waals surface area contributed by atoms with E-state index in [4.69, 9.17) is 15.0 Å². The maximum Gasteiger partial charge on any atom is 2.00 e. The molecule has 0 fully saturated rings. The molecule has 6 aromatic carbocycles. The summed E-state index contributed by atoms with van der Waals surface area (Å²) in [6, 6.07) is 51.5. The van der Waals surface area contributed by atoms with Crippen molar-refractivity contribution >= 4 is 54.6 Å². The van der Waals surface area contributed by atoms with Gasteiger partial charge in [-0.2, -0.15) is 0 Å². The van der Waals surface area contributed by atoms with Gasteiger partial charge >= 0.3 is 21.1 Å². The van der Waals surface area contributed by atoms with Gasteiger partial charge in [0.25, 0.3) is 0 Å². The third kappa shape index (κ3) is 5.71. The Labute approximate surface area is 341 Å². The number of pyridine rings is 1. The predicted octanol–water partition coefficient (Wildman–Crippen LogP) is 12.5. The number of hydrogen-bond donors (Lipinski definition) is 0. The van der Waals surface area contributed by atoms with Gasteiger partial charge in [0.05, 0.1) is 11.0 Å². The molecule has 0 radical (unpaired) electrons. The summed E-state index contributed by atoms with van der Waals surface area (Å²) in [4.78, 5) is 15.7. The summed E-state index contributed by atoms with van der Waals surface area (Å²) in [6.07, 6.45) is 1.85. The Morgan fingerprint density at radius 2 is 1.30 bits per heavy atom. The minimum Gasteiger partial charge on any atom is -0.656 e. The van der Waals surface area contributed by atoms with Crippen LogP contribution in [0.15, 0.2) is 140 Å². The van der Waals surface area contributed by atoms with Crippen molar-refractivity contribution in [1.29, 1.82) is 0 Å². The molecular formula is C50H41N5Pt. The van der Waals surface area contributed by atoms with Gasteiger partial charge in [0.2, 0.25) is 0 Å². The van der Waals surface area contributed by atoms with Crippen LogP contribution in [0, 0.1) is 6.07 Å². The molecule has 0 spiro atoms. The van der Waals surface area contributed by atoms with Crippen LogP contribution in [0.1, 0.15) is 52.7 Å². The minimum atomic E-state index is -0.136. The van der Waals surface area contributed by atoms with Crippen LogP contribution in [-0.4, -0.2) is 19.1 Å². The Balaban J connectivity index is 0.00000410. The van der Waals surface area contributed by atoms with Gasteiger partial charge in [0.1, 0.15) is 11.6 Å². The predicted molar refractivity (Wildman–Crippen MR) is 229 cm³/mol. The first-order valence-corrected chi connectivity index (χ1v) is 19.0. The number of hydrogen-bond acceptors (Lipinski definition) is 2. The second kappa shape index (κ2) is 13.2. The van der Waals surface area contributed by atoms with Gasteiger partial charge < -0.3 is 9.55 Å². The third-order valence-electron chi connectivity index (χ3n) is 11.1. The van der Waals surface area contributed by atoms with Crippen LogP contribution in [0.2, 0.25) is 0 Å². The van der Waals surface area contributed by atoms with Gasteiger partial charge in [0.15, 0.2) is 0 Å². The largest absolute Gasteiger partial charge is 2.00 e. The summed E-state index contributed by atoms with van der Waals surface area (Å²) in [5.74, 6) is 1.73. The van der Waals surface area contributed by atoms with Crippen LogP contribution >= 0.6 is 0 Å². The van der Waals surface area contributed by atoms with Crippen molar-refractivity contribution in [3.63, 3.8) is 0 Å². The molecule has 0 N–H and O–H groups in total. The smallest absolute Gasteiger partial charge is 0.656 e. The molecule has 0 aliphatic heterocycles. The normalized spacial score (nSPS) is 12.3. The van der Waals surface area contributed by atoms with Gasteiger partial charge in [-0.15, -0.1) is 34.8 Å². The van der Waals surface area contributed by atoms with Crippen molar-refractivity contribution in [2.75, 3.05) is 0 Å². The minimum absolute atomic E-state index is 0. The van der Waals surface area contributed by atoms with Gasteiger partial charge in [-0.25, -0.2) is 9.97 Å². The summed E-state index contributed by atoms with van der Waals surface area (Å²) < 4.78 is 4.59. The van der Waals surface area contributed by atoms with Crippen molar-refractivity contribution in [3.8, 4) is 34.0 Å². The van der Waals surface area contributed by atoms with Gasteiger partial charge in [0, 0.05) is 23.0 Å². The molecule has 0 aliphatic carbocycles. The molecule has 0 unspecified atom stereocenters. The fraction of sp³-hybridized carbons (Fsp3) is 0.160. The molecule has 4 aromatic heterocycles. The first-order chi connectivity index (χ1) is 26.5. The van der Waals surface area contributed by atoms with E-state index in [-0.39, 0.29) is 31.9 Å². The number of nitrogens with zero attached hydrogens (tertiary/aromatic N) is 5. The fourth-order valence-corrected chi connectivity index (χ4v) is 8.12. The molecule has 4 heterocycles. The molecular weight excluding hydrogens is 866 g/mol. The van der Waals surface area contributed by atoms with Crippen molar-refractivity contribution < 1.29 is 21.1 Å². The molecule has 10 rings (SSSR count). The summed E-state index contributed by atoms with van der Waals surface area (Å²) in [5.41, 5.74) is 12.4.